The number of furan rings is 1. The normalized spacial score (nSPS) is 15.1. The van der Waals surface area contributed by atoms with E-state index in [4.69, 9.17) is 4.42 Å². The number of hydrogen-bond donors (Lipinski definition) is 0. The number of Topliss-reactive ketones (excluding diaryl/α,β-unsaturated/α-hetero) is 1. The van der Waals surface area contributed by atoms with Gasteiger partial charge in [-0.3, -0.25) is 9.59 Å². The van der Waals surface area contributed by atoms with E-state index < -0.39 is 28.3 Å². The molecule has 4 rings (SSSR count). The molecule has 1 aliphatic heterocycles. The quantitative estimate of drug-likeness (QED) is 0.617. The lowest BCUT2D eigenvalue weighted by Crippen LogP contribution is -2.35. The standard InChI is InChI=1S/C20H18N2O5S/c1-13-10-17(14(2)21(13)11-15-6-5-9-27-15)18(23)12-22-20(24)16-7-3-4-8-19(16)28(22,25)26/h3-10H,11-12H2,1-2H3. The molecule has 0 unspecified atom stereocenters. The molecule has 0 saturated carbocycles. The Balaban J connectivity index is 1.63. The predicted octanol–water partition coefficient (Wildman–Crippen LogP) is 2.77. The van der Waals surface area contributed by atoms with E-state index in [9.17, 15) is 18.0 Å². The Morgan fingerprint density at radius 3 is 2.54 bits per heavy atom. The van der Waals surface area contributed by atoms with E-state index in [1.807, 2.05) is 17.6 Å². The molecule has 0 saturated heterocycles. The van der Waals surface area contributed by atoms with Gasteiger partial charge in [-0.2, -0.15) is 0 Å². The molecule has 8 heteroatoms. The average Bonchev–Trinajstić information content (AvgIpc) is 3.33. The summed E-state index contributed by atoms with van der Waals surface area (Å²) in [5, 5.41) is 0. The first-order valence-corrected chi connectivity index (χ1v) is 10.1. The second-order valence-electron chi connectivity index (χ2n) is 6.69. The van der Waals surface area contributed by atoms with Crippen molar-refractivity contribution in [1.82, 2.24) is 8.87 Å². The maximum absolute atomic E-state index is 12.9. The summed E-state index contributed by atoms with van der Waals surface area (Å²) in [4.78, 5) is 25.3. The smallest absolute Gasteiger partial charge is 0.269 e. The van der Waals surface area contributed by atoms with Gasteiger partial charge in [0.25, 0.3) is 15.9 Å². The Kier molecular flexibility index (Phi) is 4.23. The summed E-state index contributed by atoms with van der Waals surface area (Å²) in [5.41, 5.74) is 2.03. The summed E-state index contributed by atoms with van der Waals surface area (Å²) >= 11 is 0. The van der Waals surface area contributed by atoms with E-state index in [-0.39, 0.29) is 10.5 Å². The fourth-order valence-corrected chi connectivity index (χ4v) is 5.01. The Bertz CT molecular complexity index is 1190. The van der Waals surface area contributed by atoms with Crippen molar-refractivity contribution in [1.29, 1.82) is 0 Å². The van der Waals surface area contributed by atoms with Crippen LogP contribution in [0.25, 0.3) is 0 Å². The first-order chi connectivity index (χ1) is 13.3. The predicted molar refractivity (Wildman–Crippen MR) is 101 cm³/mol. The molecule has 144 valence electrons. The molecule has 0 atom stereocenters. The highest BCUT2D eigenvalue weighted by molar-refractivity contribution is 7.90. The zero-order chi connectivity index (χ0) is 20.1. The van der Waals surface area contributed by atoms with E-state index in [0.717, 1.165) is 11.5 Å². The first-order valence-electron chi connectivity index (χ1n) is 8.69. The number of nitrogens with zero attached hydrogens (tertiary/aromatic N) is 2. The molecule has 3 aromatic rings. The molecule has 3 heterocycles. The van der Waals surface area contributed by atoms with Crippen LogP contribution in [0.15, 0.2) is 58.0 Å². The third-order valence-corrected chi connectivity index (χ3v) is 6.75. The highest BCUT2D eigenvalue weighted by Crippen LogP contribution is 2.30. The fourth-order valence-electron chi connectivity index (χ4n) is 3.49. The van der Waals surface area contributed by atoms with Crippen LogP contribution in [-0.2, 0) is 16.6 Å². The van der Waals surface area contributed by atoms with Crippen molar-refractivity contribution in [3.05, 3.63) is 77.0 Å². The number of carbonyl (C=O) groups is 2. The van der Waals surface area contributed by atoms with Gasteiger partial charge in [0.1, 0.15) is 17.2 Å². The van der Waals surface area contributed by atoms with Gasteiger partial charge in [0.2, 0.25) is 0 Å². The number of fused-ring (bicyclic) bond motifs is 1. The van der Waals surface area contributed by atoms with Crippen molar-refractivity contribution in [3.8, 4) is 0 Å². The lowest BCUT2D eigenvalue weighted by molar-refractivity contribution is 0.0820. The summed E-state index contributed by atoms with van der Waals surface area (Å²) in [5.74, 6) is -0.356. The molecule has 2 aromatic heterocycles. The minimum Gasteiger partial charge on any atom is -0.467 e. The largest absolute Gasteiger partial charge is 0.467 e. The van der Waals surface area contributed by atoms with Crippen LogP contribution < -0.4 is 0 Å². The second kappa shape index (κ2) is 6.49. The lowest BCUT2D eigenvalue weighted by atomic mass is 10.1. The van der Waals surface area contributed by atoms with Crippen LogP contribution in [0.4, 0.5) is 0 Å². The number of ketones is 1. The van der Waals surface area contributed by atoms with Crippen LogP contribution in [0, 0.1) is 13.8 Å². The van der Waals surface area contributed by atoms with Gasteiger partial charge < -0.3 is 8.98 Å². The summed E-state index contributed by atoms with van der Waals surface area (Å²) in [6, 6.07) is 11.3. The molecule has 1 aliphatic rings. The van der Waals surface area contributed by atoms with Crippen molar-refractivity contribution in [2.24, 2.45) is 0 Å². The number of carbonyl (C=O) groups excluding carboxylic acids is 2. The molecule has 0 aliphatic carbocycles. The molecular weight excluding hydrogens is 380 g/mol. The molecular formula is C20H18N2O5S. The summed E-state index contributed by atoms with van der Waals surface area (Å²) in [6.07, 6.45) is 1.58. The molecule has 0 spiro atoms. The number of aryl methyl sites for hydroxylation is 1. The number of rotatable bonds is 5. The number of benzene rings is 1. The molecule has 28 heavy (non-hydrogen) atoms. The molecule has 0 bridgehead atoms. The van der Waals surface area contributed by atoms with Gasteiger partial charge in [0.05, 0.1) is 18.4 Å². The SMILES string of the molecule is Cc1cc(C(=O)CN2C(=O)c3ccccc3S2(=O)=O)c(C)n1Cc1ccco1. The second-order valence-corrected chi connectivity index (χ2v) is 8.52. The highest BCUT2D eigenvalue weighted by atomic mass is 32.2. The first kappa shape index (κ1) is 18.2. The van der Waals surface area contributed by atoms with E-state index in [1.54, 1.807) is 37.5 Å². The van der Waals surface area contributed by atoms with Crippen molar-refractivity contribution < 1.29 is 22.4 Å². The zero-order valence-electron chi connectivity index (χ0n) is 15.4. The van der Waals surface area contributed by atoms with Gasteiger partial charge in [0, 0.05) is 17.0 Å². The zero-order valence-corrected chi connectivity index (χ0v) is 16.2. The maximum Gasteiger partial charge on any atom is 0.269 e. The molecule has 1 amide bonds. The van der Waals surface area contributed by atoms with Crippen LogP contribution in [0.5, 0.6) is 0 Å². The van der Waals surface area contributed by atoms with Crippen LogP contribution in [0.1, 0.15) is 37.9 Å². The van der Waals surface area contributed by atoms with Gasteiger partial charge in [-0.1, -0.05) is 12.1 Å². The number of sulfonamides is 1. The number of aromatic nitrogens is 1. The Morgan fingerprint density at radius 1 is 1.11 bits per heavy atom. The highest BCUT2D eigenvalue weighted by Gasteiger charge is 2.42. The van der Waals surface area contributed by atoms with Crippen molar-refractivity contribution >= 4 is 21.7 Å². The van der Waals surface area contributed by atoms with Gasteiger partial charge in [-0.15, -0.1) is 0 Å². The number of hydrogen-bond acceptors (Lipinski definition) is 5. The van der Waals surface area contributed by atoms with Gasteiger partial charge in [0.15, 0.2) is 5.78 Å². The van der Waals surface area contributed by atoms with Crippen molar-refractivity contribution in [2.75, 3.05) is 6.54 Å². The molecule has 0 radical (unpaired) electrons. The van der Waals surface area contributed by atoms with E-state index in [0.29, 0.717) is 22.1 Å². The Labute approximate surface area is 162 Å². The molecule has 0 fully saturated rings. The summed E-state index contributed by atoms with van der Waals surface area (Å²) in [6.45, 7) is 3.59. The molecule has 1 aromatic carbocycles. The Hall–Kier alpha value is -3.13. The number of amides is 1. The minimum absolute atomic E-state index is 0.0592. The monoisotopic (exact) mass is 398 g/mol. The fraction of sp³-hybridized carbons (Fsp3) is 0.200. The van der Waals surface area contributed by atoms with E-state index in [1.165, 1.54) is 12.1 Å². The van der Waals surface area contributed by atoms with E-state index in [2.05, 4.69) is 0 Å². The van der Waals surface area contributed by atoms with Crippen molar-refractivity contribution in [2.45, 2.75) is 25.3 Å². The third-order valence-electron chi connectivity index (χ3n) is 4.97. The Morgan fingerprint density at radius 2 is 1.86 bits per heavy atom. The van der Waals surface area contributed by atoms with Gasteiger partial charge in [-0.05, 0) is 44.2 Å². The molecule has 0 N–H and O–H groups in total. The minimum atomic E-state index is -4.01. The van der Waals surface area contributed by atoms with Crippen LogP contribution in [-0.4, -0.2) is 35.5 Å². The van der Waals surface area contributed by atoms with Gasteiger partial charge in [-0.25, -0.2) is 12.7 Å². The average molecular weight is 398 g/mol. The molecule has 7 nitrogen and oxygen atoms in total. The van der Waals surface area contributed by atoms with Gasteiger partial charge >= 0.3 is 0 Å². The van der Waals surface area contributed by atoms with Crippen LogP contribution in [0.3, 0.4) is 0 Å². The third kappa shape index (κ3) is 2.77. The van der Waals surface area contributed by atoms with Crippen LogP contribution >= 0.6 is 0 Å². The van der Waals surface area contributed by atoms with E-state index >= 15 is 0 Å². The lowest BCUT2D eigenvalue weighted by Gasteiger charge is -2.14. The summed E-state index contributed by atoms with van der Waals surface area (Å²) in [7, 11) is -4.01. The van der Waals surface area contributed by atoms with Crippen LogP contribution in [0.2, 0.25) is 0 Å². The topological polar surface area (TPSA) is 89.6 Å². The summed E-state index contributed by atoms with van der Waals surface area (Å²) < 4.78 is 33.3. The van der Waals surface area contributed by atoms with Crippen molar-refractivity contribution in [3.63, 3.8) is 0 Å². The maximum atomic E-state index is 12.9.